The van der Waals surface area contributed by atoms with E-state index < -0.39 is 0 Å². The molecule has 4 heteroatoms. The van der Waals surface area contributed by atoms with Crippen molar-refractivity contribution >= 4 is 16.7 Å². The second-order valence-electron chi connectivity index (χ2n) is 5.22. The largest absolute Gasteiger partial charge is 0.369 e. The van der Waals surface area contributed by atoms with Crippen LogP contribution in [0.25, 0.3) is 11.0 Å². The second kappa shape index (κ2) is 5.61. The van der Waals surface area contributed by atoms with Gasteiger partial charge in [0, 0.05) is 43.1 Å². The van der Waals surface area contributed by atoms with Crippen molar-refractivity contribution < 1.29 is 0 Å². The number of hydrogen-bond donors (Lipinski definition) is 2. The predicted octanol–water partition coefficient (Wildman–Crippen LogP) is 2.63. The standard InChI is InChI=1S/C14H20N4.CH4/c1-10-3-6-15-9-13(10)18(2)12-5-8-17-14-11(12)4-7-16-14;/h4-5,7-8,10,13,15H,3,6,9H2,1-2H3,(H,16,17);1H4/t10-,13?;/m1./s1. The zero-order valence-electron chi connectivity index (χ0n) is 11.0. The van der Waals surface area contributed by atoms with Crippen molar-refractivity contribution in [1.29, 1.82) is 0 Å². The van der Waals surface area contributed by atoms with Crippen molar-refractivity contribution in [3.8, 4) is 0 Å². The van der Waals surface area contributed by atoms with Crippen LogP contribution in [0.2, 0.25) is 0 Å². The molecule has 2 aromatic rings. The van der Waals surface area contributed by atoms with Gasteiger partial charge in [0.15, 0.2) is 0 Å². The van der Waals surface area contributed by atoms with Crippen LogP contribution in [0.15, 0.2) is 24.5 Å². The van der Waals surface area contributed by atoms with Gasteiger partial charge in [-0.05, 0) is 31.0 Å². The van der Waals surface area contributed by atoms with E-state index in [2.05, 4.69) is 46.3 Å². The summed E-state index contributed by atoms with van der Waals surface area (Å²) >= 11 is 0. The molecule has 3 rings (SSSR count). The summed E-state index contributed by atoms with van der Waals surface area (Å²) in [6.45, 7) is 4.55. The molecule has 0 bridgehead atoms. The molecule has 19 heavy (non-hydrogen) atoms. The number of nitrogens with zero attached hydrogens (tertiary/aromatic N) is 2. The first-order valence-electron chi connectivity index (χ1n) is 6.63. The van der Waals surface area contributed by atoms with Crippen LogP contribution in [0, 0.1) is 5.92 Å². The predicted molar refractivity (Wildman–Crippen MR) is 81.7 cm³/mol. The third kappa shape index (κ3) is 2.45. The molecule has 4 nitrogen and oxygen atoms in total. The van der Waals surface area contributed by atoms with E-state index in [0.717, 1.165) is 24.7 Å². The van der Waals surface area contributed by atoms with E-state index in [9.17, 15) is 0 Å². The molecule has 2 N–H and O–H groups in total. The van der Waals surface area contributed by atoms with Crippen LogP contribution in [0.3, 0.4) is 0 Å². The Morgan fingerprint density at radius 1 is 1.37 bits per heavy atom. The maximum Gasteiger partial charge on any atom is 0.139 e. The molecule has 3 heterocycles. The van der Waals surface area contributed by atoms with Crippen LogP contribution in [0.5, 0.6) is 0 Å². The Balaban J connectivity index is 0.00000133. The fourth-order valence-corrected chi connectivity index (χ4v) is 2.92. The van der Waals surface area contributed by atoms with E-state index in [1.165, 1.54) is 17.5 Å². The Morgan fingerprint density at radius 2 is 2.21 bits per heavy atom. The topological polar surface area (TPSA) is 44.0 Å². The van der Waals surface area contributed by atoms with Gasteiger partial charge in [-0.25, -0.2) is 4.98 Å². The molecule has 0 radical (unpaired) electrons. The maximum absolute atomic E-state index is 4.35. The molecule has 0 aromatic carbocycles. The summed E-state index contributed by atoms with van der Waals surface area (Å²) in [6, 6.07) is 4.77. The third-order valence-corrected chi connectivity index (χ3v) is 4.10. The number of aromatic nitrogens is 2. The highest BCUT2D eigenvalue weighted by Gasteiger charge is 2.25. The molecule has 0 amide bonds. The quantitative estimate of drug-likeness (QED) is 0.872. The summed E-state index contributed by atoms with van der Waals surface area (Å²) in [7, 11) is 2.19. The normalized spacial score (nSPS) is 23.1. The number of fused-ring (bicyclic) bond motifs is 1. The minimum atomic E-state index is 0. The highest BCUT2D eigenvalue weighted by molar-refractivity contribution is 5.89. The van der Waals surface area contributed by atoms with Gasteiger partial charge in [-0.15, -0.1) is 0 Å². The molecule has 1 fully saturated rings. The van der Waals surface area contributed by atoms with Gasteiger partial charge in [-0.2, -0.15) is 0 Å². The average molecular weight is 260 g/mol. The SMILES string of the molecule is C.C[C@@H]1CCNCC1N(C)c1ccnc2[nH]ccc12. The van der Waals surface area contributed by atoms with Crippen LogP contribution in [-0.2, 0) is 0 Å². The van der Waals surface area contributed by atoms with Crippen molar-refractivity contribution in [2.24, 2.45) is 5.92 Å². The number of anilines is 1. The lowest BCUT2D eigenvalue weighted by molar-refractivity contribution is 0.339. The zero-order valence-corrected chi connectivity index (χ0v) is 11.0. The van der Waals surface area contributed by atoms with Gasteiger partial charge in [0.1, 0.15) is 5.65 Å². The van der Waals surface area contributed by atoms with Crippen molar-refractivity contribution in [3.05, 3.63) is 24.5 Å². The first-order chi connectivity index (χ1) is 8.77. The molecular formula is C15H24N4. The molecule has 1 unspecified atom stereocenters. The number of nitrogens with one attached hydrogen (secondary N) is 2. The van der Waals surface area contributed by atoms with E-state index in [1.54, 1.807) is 0 Å². The molecule has 0 saturated carbocycles. The van der Waals surface area contributed by atoms with Crippen molar-refractivity contribution in [1.82, 2.24) is 15.3 Å². The minimum Gasteiger partial charge on any atom is -0.369 e. The number of hydrogen-bond acceptors (Lipinski definition) is 3. The number of rotatable bonds is 2. The molecule has 2 atom stereocenters. The molecule has 1 aliphatic rings. The molecule has 104 valence electrons. The maximum atomic E-state index is 4.35. The molecular weight excluding hydrogens is 236 g/mol. The van der Waals surface area contributed by atoms with Crippen LogP contribution in [0.1, 0.15) is 20.8 Å². The van der Waals surface area contributed by atoms with Crippen LogP contribution in [0.4, 0.5) is 5.69 Å². The van der Waals surface area contributed by atoms with Gasteiger partial charge < -0.3 is 15.2 Å². The number of aromatic amines is 1. The summed E-state index contributed by atoms with van der Waals surface area (Å²) in [5.74, 6) is 0.721. The number of likely N-dealkylation sites (N-methyl/N-ethyl adjacent to an activating group) is 1. The van der Waals surface area contributed by atoms with Crippen LogP contribution >= 0.6 is 0 Å². The highest BCUT2D eigenvalue weighted by Crippen LogP contribution is 2.28. The van der Waals surface area contributed by atoms with Gasteiger partial charge in [0.2, 0.25) is 0 Å². The fourth-order valence-electron chi connectivity index (χ4n) is 2.92. The lowest BCUT2D eigenvalue weighted by atomic mass is 9.93. The summed E-state index contributed by atoms with van der Waals surface area (Å²) < 4.78 is 0. The van der Waals surface area contributed by atoms with E-state index in [-0.39, 0.29) is 7.43 Å². The first kappa shape index (κ1) is 13.9. The third-order valence-electron chi connectivity index (χ3n) is 4.10. The summed E-state index contributed by atoms with van der Waals surface area (Å²) in [6.07, 6.45) is 5.08. The Morgan fingerprint density at radius 3 is 3.00 bits per heavy atom. The Kier molecular flexibility index (Phi) is 4.10. The van der Waals surface area contributed by atoms with E-state index in [4.69, 9.17) is 0 Å². The zero-order chi connectivity index (χ0) is 12.5. The molecule has 0 aliphatic carbocycles. The monoisotopic (exact) mass is 260 g/mol. The van der Waals surface area contributed by atoms with Crippen molar-refractivity contribution in [3.63, 3.8) is 0 Å². The highest BCUT2D eigenvalue weighted by atomic mass is 15.2. The fraction of sp³-hybridized carbons (Fsp3) is 0.533. The first-order valence-corrected chi connectivity index (χ1v) is 6.63. The number of piperidine rings is 1. The lowest BCUT2D eigenvalue weighted by Gasteiger charge is -2.38. The second-order valence-corrected chi connectivity index (χ2v) is 5.22. The van der Waals surface area contributed by atoms with Gasteiger partial charge in [-0.3, -0.25) is 0 Å². The smallest absolute Gasteiger partial charge is 0.139 e. The molecule has 2 aromatic heterocycles. The van der Waals surface area contributed by atoms with Gasteiger partial charge in [0.05, 0.1) is 0 Å². The van der Waals surface area contributed by atoms with E-state index in [1.807, 2.05) is 12.4 Å². The molecule has 0 spiro atoms. The molecule has 1 aliphatic heterocycles. The average Bonchev–Trinajstić information content (AvgIpc) is 2.86. The van der Waals surface area contributed by atoms with Crippen molar-refractivity contribution in [2.45, 2.75) is 26.8 Å². The Hall–Kier alpha value is -1.55. The number of pyridine rings is 1. The van der Waals surface area contributed by atoms with E-state index >= 15 is 0 Å². The summed E-state index contributed by atoms with van der Waals surface area (Å²) in [5, 5.41) is 4.70. The van der Waals surface area contributed by atoms with E-state index in [0.29, 0.717) is 6.04 Å². The van der Waals surface area contributed by atoms with Gasteiger partial charge in [0.25, 0.3) is 0 Å². The van der Waals surface area contributed by atoms with Crippen molar-refractivity contribution in [2.75, 3.05) is 25.0 Å². The lowest BCUT2D eigenvalue weighted by Crippen LogP contribution is -2.49. The molecule has 1 saturated heterocycles. The Bertz CT molecular complexity index is 534. The minimum absolute atomic E-state index is 0. The van der Waals surface area contributed by atoms with Gasteiger partial charge in [-0.1, -0.05) is 14.4 Å². The number of H-pyrrole nitrogens is 1. The Labute approximate surface area is 115 Å². The van der Waals surface area contributed by atoms with Crippen LogP contribution < -0.4 is 10.2 Å². The summed E-state index contributed by atoms with van der Waals surface area (Å²) in [4.78, 5) is 9.92. The van der Waals surface area contributed by atoms with Crippen LogP contribution in [-0.4, -0.2) is 36.1 Å². The van der Waals surface area contributed by atoms with Gasteiger partial charge >= 0.3 is 0 Å². The summed E-state index contributed by atoms with van der Waals surface area (Å²) in [5.41, 5.74) is 2.23.